The lowest BCUT2D eigenvalue weighted by atomic mass is 10.1. The normalized spacial score (nSPS) is 10.4. The van der Waals surface area contributed by atoms with E-state index >= 15 is 0 Å². The van der Waals surface area contributed by atoms with Crippen LogP contribution in [0.3, 0.4) is 0 Å². The minimum Gasteiger partial charge on any atom is -0.384 e. The molecule has 1 aromatic heterocycles. The number of pyridine rings is 1. The van der Waals surface area contributed by atoms with E-state index in [1.165, 1.54) is 6.20 Å². The molecule has 0 unspecified atom stereocenters. The van der Waals surface area contributed by atoms with Gasteiger partial charge in [0.1, 0.15) is 5.82 Å². The molecule has 3 N–H and O–H groups in total. The highest BCUT2D eigenvalue weighted by atomic mass is 16.1. The Morgan fingerprint density at radius 1 is 1.00 bits per heavy atom. The Morgan fingerprint density at radius 2 is 1.80 bits per heavy atom. The molecule has 20 heavy (non-hydrogen) atoms. The van der Waals surface area contributed by atoms with Crippen LogP contribution in [-0.4, -0.2) is 10.9 Å². The SMILES string of the molecule is Nc1ccc(C(=O)Nc2cccc3ccccc23)cn1. The van der Waals surface area contributed by atoms with Gasteiger partial charge in [0.2, 0.25) is 0 Å². The molecule has 3 aromatic rings. The van der Waals surface area contributed by atoms with Gasteiger partial charge in [-0.25, -0.2) is 4.98 Å². The van der Waals surface area contributed by atoms with Crippen LogP contribution in [0, 0.1) is 0 Å². The molecule has 98 valence electrons. The Morgan fingerprint density at radius 3 is 2.60 bits per heavy atom. The lowest BCUT2D eigenvalue weighted by Gasteiger charge is -2.08. The van der Waals surface area contributed by atoms with Gasteiger partial charge in [-0.3, -0.25) is 4.79 Å². The molecule has 0 fully saturated rings. The van der Waals surface area contributed by atoms with E-state index in [1.54, 1.807) is 12.1 Å². The maximum atomic E-state index is 12.2. The Labute approximate surface area is 116 Å². The minimum atomic E-state index is -0.200. The third-order valence-electron chi connectivity index (χ3n) is 3.09. The zero-order chi connectivity index (χ0) is 13.9. The Hall–Kier alpha value is -2.88. The molecule has 0 aliphatic rings. The van der Waals surface area contributed by atoms with Crippen LogP contribution in [0.4, 0.5) is 11.5 Å². The zero-order valence-electron chi connectivity index (χ0n) is 10.7. The van der Waals surface area contributed by atoms with Crippen LogP contribution in [0.1, 0.15) is 10.4 Å². The number of hydrogen-bond donors (Lipinski definition) is 2. The van der Waals surface area contributed by atoms with E-state index < -0.39 is 0 Å². The van der Waals surface area contributed by atoms with E-state index in [4.69, 9.17) is 5.73 Å². The number of nitrogen functional groups attached to an aromatic ring is 1. The summed E-state index contributed by atoms with van der Waals surface area (Å²) >= 11 is 0. The van der Waals surface area contributed by atoms with Gasteiger partial charge in [-0.2, -0.15) is 0 Å². The van der Waals surface area contributed by atoms with Crippen LogP contribution in [-0.2, 0) is 0 Å². The summed E-state index contributed by atoms with van der Waals surface area (Å²) in [6, 6.07) is 17.0. The average molecular weight is 263 g/mol. The first-order chi connectivity index (χ1) is 9.74. The van der Waals surface area contributed by atoms with E-state index in [9.17, 15) is 4.79 Å². The van der Waals surface area contributed by atoms with Crippen molar-refractivity contribution < 1.29 is 4.79 Å². The molecule has 0 saturated heterocycles. The maximum absolute atomic E-state index is 12.2. The van der Waals surface area contributed by atoms with Crippen LogP contribution in [0.5, 0.6) is 0 Å². The second-order valence-corrected chi connectivity index (χ2v) is 4.45. The third-order valence-corrected chi connectivity index (χ3v) is 3.09. The van der Waals surface area contributed by atoms with Crippen molar-refractivity contribution in [2.45, 2.75) is 0 Å². The number of anilines is 2. The number of fused-ring (bicyclic) bond motifs is 1. The molecule has 3 rings (SSSR count). The van der Waals surface area contributed by atoms with Crippen molar-refractivity contribution in [3.63, 3.8) is 0 Å². The number of carbonyl (C=O) groups excluding carboxylic acids is 1. The van der Waals surface area contributed by atoms with Crippen molar-refractivity contribution in [2.75, 3.05) is 11.1 Å². The fourth-order valence-corrected chi connectivity index (χ4v) is 2.07. The second-order valence-electron chi connectivity index (χ2n) is 4.45. The maximum Gasteiger partial charge on any atom is 0.257 e. The summed E-state index contributed by atoms with van der Waals surface area (Å²) in [7, 11) is 0. The largest absolute Gasteiger partial charge is 0.384 e. The van der Waals surface area contributed by atoms with E-state index in [-0.39, 0.29) is 5.91 Å². The lowest BCUT2D eigenvalue weighted by Crippen LogP contribution is -2.12. The quantitative estimate of drug-likeness (QED) is 0.746. The summed E-state index contributed by atoms with van der Waals surface area (Å²) in [6.45, 7) is 0. The lowest BCUT2D eigenvalue weighted by molar-refractivity contribution is 0.102. The predicted octanol–water partition coefficient (Wildman–Crippen LogP) is 3.07. The zero-order valence-corrected chi connectivity index (χ0v) is 10.7. The summed E-state index contributed by atoms with van der Waals surface area (Å²) < 4.78 is 0. The molecular weight excluding hydrogens is 250 g/mol. The molecular formula is C16H13N3O. The van der Waals surface area contributed by atoms with Gasteiger partial charge in [-0.15, -0.1) is 0 Å². The molecule has 1 heterocycles. The highest BCUT2D eigenvalue weighted by Crippen LogP contribution is 2.23. The average Bonchev–Trinajstić information content (AvgIpc) is 2.48. The minimum absolute atomic E-state index is 0.200. The van der Waals surface area contributed by atoms with Gasteiger partial charge >= 0.3 is 0 Å². The van der Waals surface area contributed by atoms with E-state index in [0.29, 0.717) is 11.4 Å². The van der Waals surface area contributed by atoms with Gasteiger partial charge in [0.25, 0.3) is 5.91 Å². The first-order valence-electron chi connectivity index (χ1n) is 6.25. The standard InChI is InChI=1S/C16H13N3O/c17-15-9-8-12(10-18-15)16(20)19-14-7-3-5-11-4-1-2-6-13(11)14/h1-10H,(H2,17,18)(H,19,20). The molecule has 0 bridgehead atoms. The topological polar surface area (TPSA) is 68.0 Å². The number of hydrogen-bond acceptors (Lipinski definition) is 3. The van der Waals surface area contributed by atoms with E-state index in [0.717, 1.165) is 16.5 Å². The molecule has 0 aliphatic heterocycles. The summed E-state index contributed by atoms with van der Waals surface area (Å²) in [4.78, 5) is 16.1. The number of nitrogens with zero attached hydrogens (tertiary/aromatic N) is 1. The van der Waals surface area contributed by atoms with Crippen LogP contribution in [0.15, 0.2) is 60.8 Å². The van der Waals surface area contributed by atoms with E-state index in [2.05, 4.69) is 10.3 Å². The number of nitrogens with one attached hydrogen (secondary N) is 1. The summed E-state index contributed by atoms with van der Waals surface area (Å²) in [5, 5.41) is 4.99. The Balaban J connectivity index is 1.93. The first kappa shape index (κ1) is 12.2. The van der Waals surface area contributed by atoms with Gasteiger partial charge in [0.05, 0.1) is 5.56 Å². The number of rotatable bonds is 2. The van der Waals surface area contributed by atoms with Gasteiger partial charge in [-0.1, -0.05) is 36.4 Å². The van der Waals surface area contributed by atoms with Crippen molar-refractivity contribution >= 4 is 28.2 Å². The van der Waals surface area contributed by atoms with Crippen LogP contribution in [0.25, 0.3) is 10.8 Å². The van der Waals surface area contributed by atoms with Gasteiger partial charge in [-0.05, 0) is 23.6 Å². The Bertz CT molecular complexity index is 761. The summed E-state index contributed by atoms with van der Waals surface area (Å²) in [5.74, 6) is 0.195. The van der Waals surface area contributed by atoms with E-state index in [1.807, 2.05) is 42.5 Å². The second kappa shape index (κ2) is 5.01. The number of carbonyl (C=O) groups is 1. The smallest absolute Gasteiger partial charge is 0.257 e. The predicted molar refractivity (Wildman–Crippen MR) is 80.6 cm³/mol. The van der Waals surface area contributed by atoms with Crippen molar-refractivity contribution in [3.8, 4) is 0 Å². The van der Waals surface area contributed by atoms with Crippen LogP contribution < -0.4 is 11.1 Å². The molecule has 0 spiro atoms. The monoisotopic (exact) mass is 263 g/mol. The number of benzene rings is 2. The molecule has 4 heteroatoms. The summed E-state index contributed by atoms with van der Waals surface area (Å²) in [6.07, 6.45) is 1.47. The highest BCUT2D eigenvalue weighted by Gasteiger charge is 2.08. The first-order valence-corrected chi connectivity index (χ1v) is 6.25. The molecule has 2 aromatic carbocycles. The van der Waals surface area contributed by atoms with Crippen molar-refractivity contribution in [2.24, 2.45) is 0 Å². The van der Waals surface area contributed by atoms with Gasteiger partial charge < -0.3 is 11.1 Å². The van der Waals surface area contributed by atoms with Crippen LogP contribution in [0.2, 0.25) is 0 Å². The van der Waals surface area contributed by atoms with Gasteiger partial charge in [0.15, 0.2) is 0 Å². The molecule has 4 nitrogen and oxygen atoms in total. The van der Waals surface area contributed by atoms with Crippen LogP contribution >= 0.6 is 0 Å². The molecule has 0 radical (unpaired) electrons. The third kappa shape index (κ3) is 2.31. The number of amides is 1. The van der Waals surface area contributed by atoms with Gasteiger partial charge in [0, 0.05) is 17.3 Å². The molecule has 0 atom stereocenters. The summed E-state index contributed by atoms with van der Waals surface area (Å²) in [5.41, 5.74) is 6.77. The number of nitrogens with two attached hydrogens (primary N) is 1. The molecule has 0 saturated carbocycles. The molecule has 1 amide bonds. The molecule has 0 aliphatic carbocycles. The Kier molecular flexibility index (Phi) is 3.05. The van der Waals surface area contributed by atoms with Crippen molar-refractivity contribution in [3.05, 3.63) is 66.4 Å². The van der Waals surface area contributed by atoms with Crippen molar-refractivity contribution in [1.82, 2.24) is 4.98 Å². The fraction of sp³-hybridized carbons (Fsp3) is 0. The highest BCUT2D eigenvalue weighted by molar-refractivity contribution is 6.09. The fourth-order valence-electron chi connectivity index (χ4n) is 2.07. The number of aromatic nitrogens is 1. The van der Waals surface area contributed by atoms with Crippen molar-refractivity contribution in [1.29, 1.82) is 0 Å².